The first-order valence-corrected chi connectivity index (χ1v) is 11.2. The van der Waals surface area contributed by atoms with Crippen molar-refractivity contribution in [1.29, 1.82) is 0 Å². The lowest BCUT2D eigenvalue weighted by Crippen LogP contribution is -2.32. The third kappa shape index (κ3) is 3.73. The second-order valence-electron chi connectivity index (χ2n) is 8.99. The summed E-state index contributed by atoms with van der Waals surface area (Å²) in [5, 5.41) is 4.35. The van der Waals surface area contributed by atoms with Crippen molar-refractivity contribution in [2.24, 2.45) is 7.05 Å². The second kappa shape index (κ2) is 8.17. The van der Waals surface area contributed by atoms with Crippen molar-refractivity contribution in [1.82, 2.24) is 14.7 Å². The summed E-state index contributed by atoms with van der Waals surface area (Å²) in [5.41, 5.74) is 7.24. The molecule has 5 nitrogen and oxygen atoms in total. The van der Waals surface area contributed by atoms with Gasteiger partial charge in [-0.25, -0.2) is 4.39 Å². The average molecular weight is 434 g/mol. The number of ether oxygens (including phenoxy) is 1. The third-order valence-corrected chi connectivity index (χ3v) is 6.90. The van der Waals surface area contributed by atoms with Crippen molar-refractivity contribution >= 4 is 5.91 Å². The zero-order valence-electron chi connectivity index (χ0n) is 18.8. The van der Waals surface area contributed by atoms with E-state index in [1.54, 1.807) is 10.7 Å². The molecule has 3 heterocycles. The van der Waals surface area contributed by atoms with Crippen LogP contribution in [0.1, 0.15) is 51.0 Å². The number of carbonyl (C=O) groups excluding carboxylic acids is 1. The number of aryl methyl sites for hydroxylation is 1. The van der Waals surface area contributed by atoms with E-state index in [0.717, 1.165) is 58.5 Å². The van der Waals surface area contributed by atoms with Crippen LogP contribution in [0, 0.1) is 19.7 Å². The van der Waals surface area contributed by atoms with Crippen LogP contribution in [-0.4, -0.2) is 39.8 Å². The van der Waals surface area contributed by atoms with Crippen LogP contribution in [0.4, 0.5) is 4.39 Å². The number of amides is 1. The Morgan fingerprint density at radius 3 is 2.69 bits per heavy atom. The summed E-state index contributed by atoms with van der Waals surface area (Å²) >= 11 is 0. The Hall–Kier alpha value is -2.99. The van der Waals surface area contributed by atoms with E-state index in [9.17, 15) is 9.18 Å². The molecule has 1 fully saturated rings. The zero-order chi connectivity index (χ0) is 22.4. The van der Waals surface area contributed by atoms with Crippen LogP contribution < -0.4 is 0 Å². The highest BCUT2D eigenvalue weighted by atomic mass is 19.1. The van der Waals surface area contributed by atoms with Crippen LogP contribution >= 0.6 is 0 Å². The Labute approximate surface area is 187 Å². The molecule has 0 N–H and O–H groups in total. The van der Waals surface area contributed by atoms with Gasteiger partial charge in [-0.15, -0.1) is 0 Å². The first-order chi connectivity index (χ1) is 15.4. The van der Waals surface area contributed by atoms with Gasteiger partial charge in [0.25, 0.3) is 5.91 Å². The fourth-order valence-corrected chi connectivity index (χ4v) is 4.86. The Morgan fingerprint density at radius 2 is 2.00 bits per heavy atom. The van der Waals surface area contributed by atoms with Gasteiger partial charge < -0.3 is 9.64 Å². The summed E-state index contributed by atoms with van der Waals surface area (Å²) in [6.07, 6.45) is 4.51. The van der Waals surface area contributed by atoms with Crippen LogP contribution in [0.25, 0.3) is 11.3 Å². The minimum absolute atomic E-state index is 0.0609. The molecule has 0 aliphatic carbocycles. The molecular formula is C26H28FN3O2. The lowest BCUT2D eigenvalue weighted by atomic mass is 9.91. The number of hydrogen-bond donors (Lipinski definition) is 0. The summed E-state index contributed by atoms with van der Waals surface area (Å²) in [6, 6.07) is 9.12. The first-order valence-electron chi connectivity index (χ1n) is 11.2. The fourth-order valence-electron chi connectivity index (χ4n) is 4.86. The topological polar surface area (TPSA) is 47.4 Å². The first kappa shape index (κ1) is 20.9. The highest BCUT2D eigenvalue weighted by Gasteiger charge is 2.32. The molecule has 6 heteroatoms. The third-order valence-electron chi connectivity index (χ3n) is 6.90. The Kier molecular flexibility index (Phi) is 5.33. The van der Waals surface area contributed by atoms with E-state index < -0.39 is 0 Å². The van der Waals surface area contributed by atoms with E-state index >= 15 is 0 Å². The molecule has 2 aliphatic rings. The molecule has 2 aromatic carbocycles. The molecular weight excluding hydrogens is 405 g/mol. The lowest BCUT2D eigenvalue weighted by Gasteiger charge is -2.19. The zero-order valence-corrected chi connectivity index (χ0v) is 18.8. The molecule has 1 saturated heterocycles. The highest BCUT2D eigenvalue weighted by Crippen LogP contribution is 2.32. The van der Waals surface area contributed by atoms with Crippen LogP contribution in [0.2, 0.25) is 0 Å². The number of aromatic nitrogens is 2. The number of fused-ring (bicyclic) bond motifs is 1. The van der Waals surface area contributed by atoms with Crippen molar-refractivity contribution in [3.63, 3.8) is 0 Å². The number of rotatable bonds is 5. The molecule has 0 bridgehead atoms. The number of hydrogen-bond acceptors (Lipinski definition) is 3. The molecule has 2 aliphatic heterocycles. The Bertz CT molecular complexity index is 1190. The molecule has 1 unspecified atom stereocenters. The van der Waals surface area contributed by atoms with Gasteiger partial charge in [0.05, 0.1) is 11.8 Å². The molecule has 166 valence electrons. The van der Waals surface area contributed by atoms with Gasteiger partial charge in [-0.05, 0) is 72.7 Å². The molecule has 1 aromatic heterocycles. The Balaban J connectivity index is 1.40. The quantitative estimate of drug-likeness (QED) is 0.592. The summed E-state index contributed by atoms with van der Waals surface area (Å²) in [5.74, 6) is -0.192. The van der Waals surface area contributed by atoms with E-state index in [-0.39, 0.29) is 17.8 Å². The van der Waals surface area contributed by atoms with Crippen LogP contribution in [-0.2, 0) is 24.8 Å². The van der Waals surface area contributed by atoms with Gasteiger partial charge in [-0.1, -0.05) is 12.1 Å². The fraction of sp³-hybridized carbons (Fsp3) is 0.385. The van der Waals surface area contributed by atoms with E-state index in [1.807, 2.05) is 42.4 Å². The van der Waals surface area contributed by atoms with Crippen molar-refractivity contribution in [2.45, 2.75) is 45.8 Å². The molecule has 0 saturated carbocycles. The van der Waals surface area contributed by atoms with E-state index in [4.69, 9.17) is 4.74 Å². The van der Waals surface area contributed by atoms with Gasteiger partial charge in [0.2, 0.25) is 0 Å². The molecule has 1 atom stereocenters. The summed E-state index contributed by atoms with van der Waals surface area (Å²) in [6.45, 7) is 6.20. The van der Waals surface area contributed by atoms with E-state index in [2.05, 4.69) is 18.9 Å². The van der Waals surface area contributed by atoms with Gasteiger partial charge in [0.15, 0.2) is 0 Å². The molecule has 32 heavy (non-hydrogen) atoms. The molecule has 0 radical (unpaired) electrons. The molecule has 1 amide bonds. The maximum Gasteiger partial charge on any atom is 0.254 e. The van der Waals surface area contributed by atoms with Crippen LogP contribution in [0.3, 0.4) is 0 Å². The number of halogens is 1. The Morgan fingerprint density at radius 1 is 1.16 bits per heavy atom. The van der Waals surface area contributed by atoms with E-state index in [1.165, 1.54) is 0 Å². The van der Waals surface area contributed by atoms with Gasteiger partial charge in [-0.3, -0.25) is 9.48 Å². The van der Waals surface area contributed by atoms with Gasteiger partial charge in [-0.2, -0.15) is 5.10 Å². The number of nitrogens with zero attached hydrogens (tertiary/aromatic N) is 3. The van der Waals surface area contributed by atoms with Crippen LogP contribution in [0.5, 0.6) is 0 Å². The highest BCUT2D eigenvalue weighted by molar-refractivity contribution is 5.99. The molecule has 3 aromatic rings. The maximum absolute atomic E-state index is 15.0. The minimum atomic E-state index is -0.253. The van der Waals surface area contributed by atoms with Crippen molar-refractivity contribution in [3.8, 4) is 11.3 Å². The second-order valence-corrected chi connectivity index (χ2v) is 8.99. The molecule has 5 rings (SSSR count). The average Bonchev–Trinajstić information content (AvgIpc) is 3.50. The summed E-state index contributed by atoms with van der Waals surface area (Å²) in [7, 11) is 1.84. The maximum atomic E-state index is 15.0. The van der Waals surface area contributed by atoms with Crippen molar-refractivity contribution in [3.05, 3.63) is 75.7 Å². The normalized spacial score (nSPS) is 17.9. The number of benzene rings is 2. The van der Waals surface area contributed by atoms with Crippen LogP contribution in [0.15, 0.2) is 36.5 Å². The van der Waals surface area contributed by atoms with Gasteiger partial charge in [0, 0.05) is 50.5 Å². The standard InChI is InChI=1S/C26H28FN3O2/c1-16-17(2)23-15-30(14-21-5-4-10-32-21)26(31)22(23)12-20(16)11-18-6-7-19(13-24(18)27)25-8-9-29(3)28-25/h6-9,12-13,21H,4-5,10-11,14-15H2,1-3H3. The smallest absolute Gasteiger partial charge is 0.254 e. The van der Waals surface area contributed by atoms with Crippen molar-refractivity contribution < 1.29 is 13.9 Å². The van der Waals surface area contributed by atoms with Gasteiger partial charge >= 0.3 is 0 Å². The van der Waals surface area contributed by atoms with Gasteiger partial charge in [0.1, 0.15) is 5.82 Å². The predicted octanol–water partition coefficient (Wildman–Crippen LogP) is 4.57. The molecule has 0 spiro atoms. The lowest BCUT2D eigenvalue weighted by molar-refractivity contribution is 0.0545. The largest absolute Gasteiger partial charge is 0.376 e. The number of carbonyl (C=O) groups is 1. The summed E-state index contributed by atoms with van der Waals surface area (Å²) in [4.78, 5) is 15.0. The van der Waals surface area contributed by atoms with Crippen molar-refractivity contribution in [2.75, 3.05) is 13.2 Å². The summed E-state index contributed by atoms with van der Waals surface area (Å²) < 4.78 is 22.4. The monoisotopic (exact) mass is 433 g/mol. The SMILES string of the molecule is Cc1c(Cc2ccc(-c3ccn(C)n3)cc2F)cc2c(c1C)CN(CC1CCCO1)C2=O. The van der Waals surface area contributed by atoms with E-state index in [0.29, 0.717) is 25.1 Å². The predicted molar refractivity (Wildman–Crippen MR) is 121 cm³/mol. The minimum Gasteiger partial charge on any atom is -0.376 e.